The summed E-state index contributed by atoms with van der Waals surface area (Å²) >= 11 is 0. The molecule has 0 atom stereocenters. The highest BCUT2D eigenvalue weighted by molar-refractivity contribution is 6.10. The lowest BCUT2D eigenvalue weighted by Crippen LogP contribution is -2.51. The highest BCUT2D eigenvalue weighted by Crippen LogP contribution is 2.45. The molecule has 4 amide bonds. The first-order valence-electron chi connectivity index (χ1n) is 9.97. The van der Waals surface area contributed by atoms with E-state index in [2.05, 4.69) is 31.4 Å². The highest BCUT2D eigenvalue weighted by Gasteiger charge is 2.53. The fraction of sp³-hybridized carbons (Fsp3) is 0.571. The number of hydrogen-bond donors (Lipinski definition) is 3. The van der Waals surface area contributed by atoms with Crippen LogP contribution in [0.3, 0.4) is 0 Å². The minimum Gasteiger partial charge on any atom is -0.397 e. The lowest BCUT2D eigenvalue weighted by Gasteiger charge is -2.42. The molecule has 8 heteroatoms. The summed E-state index contributed by atoms with van der Waals surface area (Å²) in [6.07, 6.45) is 4.12. The van der Waals surface area contributed by atoms with Crippen LogP contribution < -0.4 is 16.4 Å². The minimum atomic E-state index is -0.858. The van der Waals surface area contributed by atoms with Gasteiger partial charge < -0.3 is 16.4 Å². The normalized spacial score (nSPS) is 24.2. The second kappa shape index (κ2) is 8.61. The van der Waals surface area contributed by atoms with Crippen molar-refractivity contribution in [1.82, 2.24) is 10.2 Å². The molecule has 1 saturated heterocycles. The van der Waals surface area contributed by atoms with Gasteiger partial charge in [-0.3, -0.25) is 14.5 Å². The van der Waals surface area contributed by atoms with Gasteiger partial charge in [0.1, 0.15) is 12.1 Å². The molecule has 1 saturated carbocycles. The zero-order valence-electron chi connectivity index (χ0n) is 17.3. The van der Waals surface area contributed by atoms with Crippen molar-refractivity contribution < 1.29 is 14.4 Å². The zero-order valence-corrected chi connectivity index (χ0v) is 18.1. The van der Waals surface area contributed by atoms with Gasteiger partial charge in [0.2, 0.25) is 5.91 Å². The number of imide groups is 1. The Hall–Kier alpha value is -2.28. The Morgan fingerprint density at radius 2 is 1.90 bits per heavy atom. The molecule has 1 spiro atoms. The molecule has 160 valence electrons. The summed E-state index contributed by atoms with van der Waals surface area (Å²) in [5, 5.41) is 5.54. The molecule has 0 radical (unpaired) electrons. The number of nitrogens with two attached hydrogens (primary N) is 1. The van der Waals surface area contributed by atoms with Crippen molar-refractivity contribution in [1.29, 1.82) is 0 Å². The van der Waals surface area contributed by atoms with Gasteiger partial charge in [-0.05, 0) is 49.1 Å². The standard InChI is InChI=1S/C21H30N4O3.ClH/c1-4-20(2,3)14-9-11-21(12-10-14)18(27)25(19(28)24-21)13-17(26)23-16-8-6-5-7-15(16)22;/h5-8,14H,4,9-13,22H2,1-3H3,(H,23,26)(H,24,28);1H. The van der Waals surface area contributed by atoms with Gasteiger partial charge in [-0.1, -0.05) is 39.3 Å². The van der Waals surface area contributed by atoms with E-state index in [0.717, 1.165) is 24.2 Å². The maximum Gasteiger partial charge on any atom is 0.325 e. The first-order chi connectivity index (χ1) is 13.2. The third-order valence-electron chi connectivity index (χ3n) is 6.64. The van der Waals surface area contributed by atoms with E-state index in [1.807, 2.05) is 0 Å². The lowest BCUT2D eigenvalue weighted by atomic mass is 9.65. The Morgan fingerprint density at radius 3 is 2.48 bits per heavy atom. The largest absolute Gasteiger partial charge is 0.397 e. The fourth-order valence-corrected chi connectivity index (χ4v) is 4.28. The van der Waals surface area contributed by atoms with Crippen LogP contribution in [0.4, 0.5) is 16.2 Å². The molecule has 0 bridgehead atoms. The Kier molecular flexibility index (Phi) is 6.83. The van der Waals surface area contributed by atoms with E-state index in [0.29, 0.717) is 30.1 Å². The number of para-hydroxylation sites is 2. The number of carbonyl (C=O) groups excluding carboxylic acids is 3. The molecule has 4 N–H and O–H groups in total. The number of urea groups is 1. The van der Waals surface area contributed by atoms with Crippen molar-refractivity contribution in [2.45, 2.75) is 58.4 Å². The Bertz CT molecular complexity index is 788. The SMILES string of the molecule is CCC(C)(C)C1CCC2(CC1)NC(=O)N(CC(=O)Nc1ccccc1N)C2=O.Cl. The van der Waals surface area contributed by atoms with Crippen LogP contribution in [-0.4, -0.2) is 34.8 Å². The molecule has 29 heavy (non-hydrogen) atoms. The number of benzene rings is 1. The van der Waals surface area contributed by atoms with Crippen LogP contribution >= 0.6 is 12.4 Å². The highest BCUT2D eigenvalue weighted by atomic mass is 35.5. The third kappa shape index (κ3) is 4.50. The van der Waals surface area contributed by atoms with Crippen LogP contribution in [0, 0.1) is 11.3 Å². The first kappa shape index (κ1) is 23.0. The molecule has 1 aromatic carbocycles. The molecule has 0 unspecified atom stereocenters. The van der Waals surface area contributed by atoms with Crippen molar-refractivity contribution in [3.8, 4) is 0 Å². The van der Waals surface area contributed by atoms with E-state index in [4.69, 9.17) is 5.73 Å². The molecule has 7 nitrogen and oxygen atoms in total. The summed E-state index contributed by atoms with van der Waals surface area (Å²) in [5.74, 6) is -0.202. The Balaban J connectivity index is 0.00000300. The molecule has 1 heterocycles. The first-order valence-corrected chi connectivity index (χ1v) is 9.97. The minimum absolute atomic E-state index is 0. The maximum absolute atomic E-state index is 13.0. The lowest BCUT2D eigenvalue weighted by molar-refractivity contribution is -0.135. The summed E-state index contributed by atoms with van der Waals surface area (Å²) in [6, 6.07) is 6.38. The number of halogens is 1. The van der Waals surface area contributed by atoms with Crippen LogP contribution in [0.2, 0.25) is 0 Å². The molecule has 1 aromatic rings. The van der Waals surface area contributed by atoms with E-state index in [9.17, 15) is 14.4 Å². The molecular formula is C21H31ClN4O3. The van der Waals surface area contributed by atoms with Crippen LogP contribution in [0.25, 0.3) is 0 Å². The number of nitrogen functional groups attached to an aromatic ring is 1. The van der Waals surface area contributed by atoms with Crippen molar-refractivity contribution >= 4 is 41.6 Å². The number of nitrogens with zero attached hydrogens (tertiary/aromatic N) is 1. The second-order valence-electron chi connectivity index (χ2n) is 8.66. The average molecular weight is 423 g/mol. The predicted octanol–water partition coefficient (Wildman–Crippen LogP) is 3.55. The molecule has 1 aliphatic carbocycles. The molecule has 0 aromatic heterocycles. The Labute approximate surface area is 178 Å². The van der Waals surface area contributed by atoms with E-state index in [-0.39, 0.29) is 30.3 Å². The summed E-state index contributed by atoms with van der Waals surface area (Å²) in [6.45, 7) is 6.39. The van der Waals surface area contributed by atoms with Gasteiger partial charge in [0, 0.05) is 0 Å². The van der Waals surface area contributed by atoms with Crippen molar-refractivity contribution in [3.05, 3.63) is 24.3 Å². The van der Waals surface area contributed by atoms with Crippen LogP contribution in [-0.2, 0) is 9.59 Å². The monoisotopic (exact) mass is 422 g/mol. The molecular weight excluding hydrogens is 392 g/mol. The number of rotatable bonds is 5. The van der Waals surface area contributed by atoms with Gasteiger partial charge in [0.25, 0.3) is 5.91 Å². The van der Waals surface area contributed by atoms with Crippen molar-refractivity contribution in [2.75, 3.05) is 17.6 Å². The van der Waals surface area contributed by atoms with Gasteiger partial charge in [0.05, 0.1) is 11.4 Å². The van der Waals surface area contributed by atoms with Gasteiger partial charge in [-0.15, -0.1) is 12.4 Å². The number of anilines is 2. The van der Waals surface area contributed by atoms with Crippen LogP contribution in [0.15, 0.2) is 24.3 Å². The number of hydrogen-bond acceptors (Lipinski definition) is 4. The van der Waals surface area contributed by atoms with E-state index >= 15 is 0 Å². The smallest absolute Gasteiger partial charge is 0.325 e. The fourth-order valence-electron chi connectivity index (χ4n) is 4.28. The number of amides is 4. The second-order valence-corrected chi connectivity index (χ2v) is 8.66. The molecule has 3 rings (SSSR count). The van der Waals surface area contributed by atoms with Crippen molar-refractivity contribution in [3.63, 3.8) is 0 Å². The average Bonchev–Trinajstić information content (AvgIpc) is 2.88. The molecule has 2 fully saturated rings. The summed E-state index contributed by atoms with van der Waals surface area (Å²) < 4.78 is 0. The number of carbonyl (C=O) groups is 3. The van der Waals surface area contributed by atoms with E-state index in [1.165, 1.54) is 0 Å². The topological polar surface area (TPSA) is 105 Å². The van der Waals surface area contributed by atoms with E-state index < -0.39 is 17.5 Å². The summed E-state index contributed by atoms with van der Waals surface area (Å²) in [7, 11) is 0. The summed E-state index contributed by atoms with van der Waals surface area (Å²) in [5.41, 5.74) is 6.10. The molecule has 1 aliphatic heterocycles. The van der Waals surface area contributed by atoms with E-state index in [1.54, 1.807) is 24.3 Å². The van der Waals surface area contributed by atoms with Crippen LogP contribution in [0.1, 0.15) is 52.9 Å². The quantitative estimate of drug-likeness (QED) is 0.498. The van der Waals surface area contributed by atoms with Gasteiger partial charge in [0.15, 0.2) is 0 Å². The van der Waals surface area contributed by atoms with Crippen molar-refractivity contribution in [2.24, 2.45) is 11.3 Å². The van der Waals surface area contributed by atoms with Gasteiger partial charge >= 0.3 is 6.03 Å². The van der Waals surface area contributed by atoms with Gasteiger partial charge in [-0.2, -0.15) is 0 Å². The maximum atomic E-state index is 13.0. The predicted molar refractivity (Wildman–Crippen MR) is 116 cm³/mol. The molecule has 2 aliphatic rings. The number of nitrogens with one attached hydrogen (secondary N) is 2. The zero-order chi connectivity index (χ0) is 20.5. The third-order valence-corrected chi connectivity index (χ3v) is 6.64. The van der Waals surface area contributed by atoms with Gasteiger partial charge in [-0.25, -0.2) is 4.79 Å². The summed E-state index contributed by atoms with van der Waals surface area (Å²) in [4.78, 5) is 38.8. The Morgan fingerprint density at radius 1 is 1.28 bits per heavy atom. The van der Waals surface area contributed by atoms with Crippen LogP contribution in [0.5, 0.6) is 0 Å².